The fourth-order valence-corrected chi connectivity index (χ4v) is 8.11. The number of ether oxygens (including phenoxy) is 3. The molecule has 5 heterocycles. The van der Waals surface area contributed by atoms with E-state index in [2.05, 4.69) is 15.9 Å². The Hall–Kier alpha value is -3.21. The number of halogens is 4. The van der Waals surface area contributed by atoms with Crippen LogP contribution in [0.2, 0.25) is 0 Å². The largest absolute Gasteiger partial charge is 0.461 e. The highest BCUT2D eigenvalue weighted by Crippen LogP contribution is 2.54. The monoisotopic (exact) mass is 616 g/mol. The van der Waals surface area contributed by atoms with Crippen LogP contribution in [0, 0.1) is 11.3 Å². The molecule has 2 N–H and O–H groups in total. The third kappa shape index (κ3) is 4.95. The summed E-state index contributed by atoms with van der Waals surface area (Å²) in [5.74, 6) is -1.07. The predicted molar refractivity (Wildman–Crippen MR) is 152 cm³/mol. The van der Waals surface area contributed by atoms with Crippen molar-refractivity contribution < 1.29 is 31.8 Å². The first-order chi connectivity index (χ1) is 21.1. The van der Waals surface area contributed by atoms with Crippen LogP contribution >= 0.6 is 0 Å². The normalized spacial score (nSPS) is 30.4. The molecule has 1 aliphatic carbocycles. The zero-order valence-corrected chi connectivity index (χ0v) is 24.5. The Labute approximate surface area is 253 Å². The number of hydrogen-bond donors (Lipinski definition) is 1. The summed E-state index contributed by atoms with van der Waals surface area (Å²) in [7, 11) is 0. The molecule has 1 aromatic carbocycles. The molecule has 9 nitrogen and oxygen atoms in total. The summed E-state index contributed by atoms with van der Waals surface area (Å²) >= 11 is 0. The summed E-state index contributed by atoms with van der Waals surface area (Å²) in [6, 6.07) is 4.97. The number of nitrogens with two attached hydrogens (primary N) is 1. The zero-order valence-electron chi connectivity index (χ0n) is 24.5. The smallest absolute Gasteiger partial charge is 0.395 e. The van der Waals surface area contributed by atoms with Gasteiger partial charge in [0.2, 0.25) is 0 Å². The fourth-order valence-electron chi connectivity index (χ4n) is 8.11. The summed E-state index contributed by atoms with van der Waals surface area (Å²) in [4.78, 5) is 13.9. The molecule has 4 unspecified atom stereocenters. The van der Waals surface area contributed by atoms with Gasteiger partial charge in [-0.1, -0.05) is 6.07 Å². The highest BCUT2D eigenvalue weighted by Gasteiger charge is 2.53. The predicted octanol–water partition coefficient (Wildman–Crippen LogP) is 4.52. The molecular weight excluding hydrogens is 580 g/mol. The van der Waals surface area contributed by atoms with Crippen LogP contribution in [0.15, 0.2) is 12.1 Å². The second-order valence-corrected chi connectivity index (χ2v) is 12.8. The summed E-state index contributed by atoms with van der Waals surface area (Å²) in [6.45, 7) is 3.98. The maximum Gasteiger partial charge on any atom is 0.395 e. The van der Waals surface area contributed by atoms with Gasteiger partial charge in [-0.2, -0.15) is 28.4 Å². The van der Waals surface area contributed by atoms with Crippen molar-refractivity contribution >= 4 is 11.5 Å². The average molecular weight is 617 g/mol. The van der Waals surface area contributed by atoms with Crippen molar-refractivity contribution in [2.24, 2.45) is 0 Å². The lowest BCUT2D eigenvalue weighted by atomic mass is 9.68. The van der Waals surface area contributed by atoms with E-state index in [1.54, 1.807) is 0 Å². The molecule has 1 aromatic heterocycles. The van der Waals surface area contributed by atoms with E-state index >= 15 is 0 Å². The molecular formula is C31H36F4N6O3. The minimum atomic E-state index is -4.48. The van der Waals surface area contributed by atoms with E-state index in [1.807, 2.05) is 0 Å². The van der Waals surface area contributed by atoms with Crippen LogP contribution in [0.3, 0.4) is 0 Å². The van der Waals surface area contributed by atoms with Gasteiger partial charge in [0.05, 0.1) is 35.9 Å². The molecule has 0 radical (unpaired) electrons. The topological polar surface area (TPSA) is 110 Å². The van der Waals surface area contributed by atoms with Gasteiger partial charge in [-0.05, 0) is 50.3 Å². The van der Waals surface area contributed by atoms with Crippen LogP contribution < -0.4 is 15.4 Å². The molecule has 5 aliphatic rings. The number of nitrogens with zero attached hydrogens (tertiary/aromatic N) is 5. The molecule has 4 aliphatic heterocycles. The van der Waals surface area contributed by atoms with Gasteiger partial charge in [-0.25, -0.2) is 4.39 Å². The van der Waals surface area contributed by atoms with Gasteiger partial charge in [-0.3, -0.25) is 4.90 Å². The van der Waals surface area contributed by atoms with E-state index in [0.29, 0.717) is 50.8 Å². The Bertz CT molecular complexity index is 1480. The minimum Gasteiger partial charge on any atom is -0.461 e. The summed E-state index contributed by atoms with van der Waals surface area (Å²) < 4.78 is 75.5. The number of rotatable bonds is 4. The van der Waals surface area contributed by atoms with Crippen molar-refractivity contribution in [1.29, 1.82) is 5.26 Å². The molecule has 2 aromatic rings. The van der Waals surface area contributed by atoms with Gasteiger partial charge in [0.15, 0.2) is 0 Å². The van der Waals surface area contributed by atoms with Gasteiger partial charge >= 0.3 is 12.2 Å². The van der Waals surface area contributed by atoms with Crippen LogP contribution in [0.1, 0.15) is 72.4 Å². The van der Waals surface area contributed by atoms with Gasteiger partial charge in [0.25, 0.3) is 0 Å². The van der Waals surface area contributed by atoms with Crippen molar-refractivity contribution in [2.75, 3.05) is 56.6 Å². The van der Waals surface area contributed by atoms with Crippen molar-refractivity contribution in [3.05, 3.63) is 40.1 Å². The second kappa shape index (κ2) is 11.0. The molecule has 0 amide bonds. The first-order valence-electron chi connectivity index (χ1n) is 15.4. The van der Waals surface area contributed by atoms with Crippen molar-refractivity contribution in [2.45, 2.75) is 81.0 Å². The highest BCUT2D eigenvalue weighted by molar-refractivity contribution is 5.64. The number of benzene rings is 1. The molecule has 3 fully saturated rings. The van der Waals surface area contributed by atoms with Gasteiger partial charge in [0.1, 0.15) is 30.3 Å². The van der Waals surface area contributed by atoms with E-state index in [1.165, 1.54) is 12.1 Å². The first-order valence-corrected chi connectivity index (χ1v) is 15.4. The third-order valence-corrected chi connectivity index (χ3v) is 10.2. The maximum atomic E-state index is 14.4. The Morgan fingerprint density at radius 3 is 2.82 bits per heavy atom. The lowest BCUT2D eigenvalue weighted by Crippen LogP contribution is -2.44. The average Bonchev–Trinajstić information content (AvgIpc) is 3.37. The lowest BCUT2D eigenvalue weighted by molar-refractivity contribution is -0.165. The first kappa shape index (κ1) is 29.5. The van der Waals surface area contributed by atoms with Gasteiger partial charge in [-0.15, -0.1) is 0 Å². The number of aromatic nitrogens is 2. The molecule has 236 valence electrons. The summed E-state index contributed by atoms with van der Waals surface area (Å²) in [6.07, 6.45) is -2.38. The van der Waals surface area contributed by atoms with E-state index in [9.17, 15) is 22.8 Å². The molecule has 4 atom stereocenters. The molecule has 0 saturated carbocycles. The van der Waals surface area contributed by atoms with Crippen LogP contribution in [0.5, 0.6) is 6.01 Å². The number of hydrogen-bond acceptors (Lipinski definition) is 9. The van der Waals surface area contributed by atoms with Crippen molar-refractivity contribution in [3.63, 3.8) is 0 Å². The zero-order chi connectivity index (χ0) is 30.7. The van der Waals surface area contributed by atoms with Crippen LogP contribution in [0.25, 0.3) is 0 Å². The Kier molecular flexibility index (Phi) is 7.37. The van der Waals surface area contributed by atoms with Crippen molar-refractivity contribution in [3.8, 4) is 12.1 Å². The van der Waals surface area contributed by atoms with Gasteiger partial charge < -0.3 is 24.8 Å². The maximum absolute atomic E-state index is 14.4. The van der Waals surface area contributed by atoms with Crippen molar-refractivity contribution in [1.82, 2.24) is 14.9 Å². The Morgan fingerprint density at radius 2 is 2.00 bits per heavy atom. The fraction of sp³-hybridized carbons (Fsp3) is 0.645. The van der Waals surface area contributed by atoms with E-state index in [0.717, 1.165) is 31.4 Å². The standard InChI is InChI=1S/C31H36F4N6O3/c32-19-13-29(6-1-9-41(29)16-19)18-43-28-38-25-14-30(44-17-22(25)27(39-28)40-8-2-11-42-12-10-40)7-5-23(31(33,34)35)20-3-4-24(37)21(15-36)26(20)30/h3-4,19,23H,1-2,5-14,16-18,37H2. The quantitative estimate of drug-likeness (QED) is 0.392. The lowest BCUT2D eigenvalue weighted by Gasteiger charge is -2.45. The van der Waals surface area contributed by atoms with Crippen LogP contribution in [-0.4, -0.2) is 78.8 Å². The Balaban J connectivity index is 1.29. The summed E-state index contributed by atoms with van der Waals surface area (Å²) in [5.41, 5.74) is 6.24. The number of fused-ring (bicyclic) bond motifs is 4. The summed E-state index contributed by atoms with van der Waals surface area (Å²) in [5, 5.41) is 10.1. The second-order valence-electron chi connectivity index (χ2n) is 12.8. The van der Waals surface area contributed by atoms with Crippen LogP contribution in [0.4, 0.5) is 29.1 Å². The van der Waals surface area contributed by atoms with E-state index < -0.39 is 29.4 Å². The number of anilines is 2. The number of nitriles is 1. The molecule has 1 spiro atoms. The molecule has 0 bridgehead atoms. The Morgan fingerprint density at radius 1 is 1.14 bits per heavy atom. The minimum absolute atomic E-state index is 0.0118. The van der Waals surface area contributed by atoms with Gasteiger partial charge in [0, 0.05) is 55.9 Å². The molecule has 44 heavy (non-hydrogen) atoms. The molecule has 7 rings (SSSR count). The highest BCUT2D eigenvalue weighted by atomic mass is 19.4. The van der Waals surface area contributed by atoms with E-state index in [4.69, 9.17) is 29.9 Å². The third-order valence-electron chi connectivity index (χ3n) is 10.2. The van der Waals surface area contributed by atoms with Crippen LogP contribution in [-0.2, 0) is 28.1 Å². The number of alkyl halides is 4. The molecule has 3 saturated heterocycles. The SMILES string of the molecule is N#Cc1c(N)ccc2c1C1(CCC2C(F)(F)F)Cc2nc(OCC34CCCN3CC(F)C4)nc(N3CCCOCC3)c2CO1. The number of nitrogen functional groups attached to an aromatic ring is 1. The molecule has 13 heteroatoms. The van der Waals surface area contributed by atoms with E-state index in [-0.39, 0.29) is 60.9 Å².